The van der Waals surface area contributed by atoms with Crippen molar-refractivity contribution in [3.63, 3.8) is 0 Å². The van der Waals surface area contributed by atoms with Crippen molar-refractivity contribution in [2.45, 2.75) is 19.4 Å². The molecule has 17 heavy (non-hydrogen) atoms. The summed E-state index contributed by atoms with van der Waals surface area (Å²) >= 11 is 0. The number of benzene rings is 1. The number of nitrogens with zero attached hydrogens (tertiary/aromatic N) is 2. The van der Waals surface area contributed by atoms with Crippen LogP contribution >= 0.6 is 0 Å². The summed E-state index contributed by atoms with van der Waals surface area (Å²) in [7, 11) is 0. The van der Waals surface area contributed by atoms with Crippen LogP contribution in [-0.2, 0) is 0 Å². The molecule has 0 bridgehead atoms. The van der Waals surface area contributed by atoms with Gasteiger partial charge in [-0.05, 0) is 25.5 Å². The molecule has 1 unspecified atom stereocenters. The van der Waals surface area contributed by atoms with E-state index in [-0.39, 0.29) is 0 Å². The molecule has 4 heteroatoms. The highest BCUT2D eigenvalue weighted by Gasteiger charge is 2.20. The van der Waals surface area contributed by atoms with Gasteiger partial charge in [0.05, 0.1) is 17.4 Å². The summed E-state index contributed by atoms with van der Waals surface area (Å²) in [4.78, 5) is 0. The van der Waals surface area contributed by atoms with Crippen molar-refractivity contribution >= 4 is 0 Å². The topological polar surface area (TPSA) is 41.9 Å². The highest BCUT2D eigenvalue weighted by Crippen LogP contribution is 2.22. The van der Waals surface area contributed by atoms with E-state index >= 15 is 0 Å². The Hall–Kier alpha value is -1.65. The van der Waals surface area contributed by atoms with Crippen LogP contribution in [0.15, 0.2) is 36.5 Å². The van der Waals surface area contributed by atoms with Crippen LogP contribution in [0.4, 0.5) is 0 Å². The van der Waals surface area contributed by atoms with Gasteiger partial charge in [0, 0.05) is 18.3 Å². The third-order valence-corrected chi connectivity index (χ3v) is 3.17. The molecule has 1 aromatic heterocycles. The number of aryl methyl sites for hydroxylation is 1. The summed E-state index contributed by atoms with van der Waals surface area (Å²) in [6, 6.07) is 10.6. The highest BCUT2D eigenvalue weighted by molar-refractivity contribution is 5.33. The van der Waals surface area contributed by atoms with Crippen molar-refractivity contribution in [2.75, 3.05) is 6.54 Å². The minimum absolute atomic E-state index is 0.382. The molecule has 1 fully saturated rings. The molecular formula is C13H16N4. The molecule has 1 aliphatic heterocycles. The molecule has 2 N–H and O–H groups in total. The van der Waals surface area contributed by atoms with Crippen molar-refractivity contribution in [1.82, 2.24) is 20.6 Å². The molecule has 88 valence electrons. The molecule has 0 radical (unpaired) electrons. The van der Waals surface area contributed by atoms with E-state index < -0.39 is 0 Å². The van der Waals surface area contributed by atoms with Gasteiger partial charge in [-0.3, -0.25) is 10.9 Å². The van der Waals surface area contributed by atoms with Crippen LogP contribution in [0.1, 0.15) is 23.7 Å². The van der Waals surface area contributed by atoms with Crippen molar-refractivity contribution in [1.29, 1.82) is 0 Å². The molecule has 1 saturated heterocycles. The first kappa shape index (κ1) is 10.5. The van der Waals surface area contributed by atoms with Gasteiger partial charge >= 0.3 is 0 Å². The largest absolute Gasteiger partial charge is 0.257 e. The fourth-order valence-electron chi connectivity index (χ4n) is 2.25. The van der Waals surface area contributed by atoms with Crippen LogP contribution in [0, 0.1) is 6.92 Å². The summed E-state index contributed by atoms with van der Waals surface area (Å²) in [5.41, 5.74) is 9.91. The molecule has 0 saturated carbocycles. The lowest BCUT2D eigenvalue weighted by atomic mass is 10.1. The van der Waals surface area contributed by atoms with Gasteiger partial charge in [0.25, 0.3) is 0 Å². The number of para-hydroxylation sites is 1. The Morgan fingerprint density at radius 2 is 2.12 bits per heavy atom. The second kappa shape index (κ2) is 4.31. The summed E-state index contributed by atoms with van der Waals surface area (Å²) in [6.45, 7) is 3.08. The predicted octanol–water partition coefficient (Wildman–Crippen LogP) is 1.72. The van der Waals surface area contributed by atoms with E-state index in [0.29, 0.717) is 6.04 Å². The lowest BCUT2D eigenvalue weighted by Crippen LogP contribution is -2.24. The van der Waals surface area contributed by atoms with E-state index in [9.17, 15) is 0 Å². The minimum atomic E-state index is 0.382. The maximum absolute atomic E-state index is 4.57. The zero-order valence-corrected chi connectivity index (χ0v) is 9.85. The lowest BCUT2D eigenvalue weighted by molar-refractivity contribution is 0.579. The predicted molar refractivity (Wildman–Crippen MR) is 66.8 cm³/mol. The fourth-order valence-corrected chi connectivity index (χ4v) is 2.25. The molecule has 1 atom stereocenters. The fraction of sp³-hybridized carbons (Fsp3) is 0.308. The molecule has 2 heterocycles. The van der Waals surface area contributed by atoms with Crippen molar-refractivity contribution in [2.24, 2.45) is 0 Å². The van der Waals surface area contributed by atoms with Crippen LogP contribution in [-0.4, -0.2) is 16.3 Å². The smallest absolute Gasteiger partial charge is 0.0646 e. The Kier molecular flexibility index (Phi) is 2.66. The Balaban J connectivity index is 1.95. The van der Waals surface area contributed by atoms with Crippen LogP contribution < -0.4 is 10.9 Å². The zero-order chi connectivity index (χ0) is 11.7. The quantitative estimate of drug-likeness (QED) is 0.822. The van der Waals surface area contributed by atoms with Gasteiger partial charge < -0.3 is 0 Å². The Bertz CT molecular complexity index is 497. The zero-order valence-electron chi connectivity index (χ0n) is 9.85. The van der Waals surface area contributed by atoms with E-state index in [2.05, 4.69) is 41.2 Å². The Labute approximate surface area is 101 Å². The molecule has 0 amide bonds. The van der Waals surface area contributed by atoms with Gasteiger partial charge in [0.1, 0.15) is 0 Å². The van der Waals surface area contributed by atoms with Gasteiger partial charge in [-0.2, -0.15) is 5.10 Å². The van der Waals surface area contributed by atoms with E-state index in [0.717, 1.165) is 24.3 Å². The Morgan fingerprint density at radius 3 is 2.82 bits per heavy atom. The van der Waals surface area contributed by atoms with E-state index in [1.165, 1.54) is 5.56 Å². The first-order valence-electron chi connectivity index (χ1n) is 5.94. The third-order valence-electron chi connectivity index (χ3n) is 3.17. The summed E-state index contributed by atoms with van der Waals surface area (Å²) in [5, 5.41) is 4.57. The molecule has 1 aliphatic rings. The maximum Gasteiger partial charge on any atom is 0.0646 e. The molecule has 2 aromatic rings. The van der Waals surface area contributed by atoms with E-state index in [1.54, 1.807) is 0 Å². The number of nitrogens with one attached hydrogen (secondary N) is 2. The summed E-state index contributed by atoms with van der Waals surface area (Å²) in [6.07, 6.45) is 3.23. The molecule has 1 aromatic carbocycles. The lowest BCUT2D eigenvalue weighted by Gasteiger charge is -2.06. The summed E-state index contributed by atoms with van der Waals surface area (Å²) < 4.78 is 1.95. The average molecular weight is 228 g/mol. The maximum atomic E-state index is 4.57. The van der Waals surface area contributed by atoms with Crippen LogP contribution in [0.3, 0.4) is 0 Å². The van der Waals surface area contributed by atoms with Gasteiger partial charge in [-0.25, -0.2) is 4.68 Å². The van der Waals surface area contributed by atoms with E-state index in [1.807, 2.05) is 22.9 Å². The number of hydrogen-bond donors (Lipinski definition) is 2. The molecule has 4 nitrogen and oxygen atoms in total. The molecule has 3 rings (SSSR count). The first-order valence-corrected chi connectivity index (χ1v) is 5.94. The van der Waals surface area contributed by atoms with Crippen LogP contribution in [0.5, 0.6) is 0 Å². The number of aromatic nitrogens is 2. The van der Waals surface area contributed by atoms with Crippen LogP contribution in [0.2, 0.25) is 0 Å². The number of hydrazine groups is 1. The van der Waals surface area contributed by atoms with Crippen molar-refractivity contribution in [3.05, 3.63) is 47.8 Å². The van der Waals surface area contributed by atoms with Gasteiger partial charge in [0.2, 0.25) is 0 Å². The Morgan fingerprint density at radius 1 is 1.29 bits per heavy atom. The first-order chi connectivity index (χ1) is 8.34. The number of hydrogen-bond acceptors (Lipinski definition) is 3. The highest BCUT2D eigenvalue weighted by atomic mass is 15.4. The minimum Gasteiger partial charge on any atom is -0.257 e. The molecule has 0 aliphatic carbocycles. The van der Waals surface area contributed by atoms with Gasteiger partial charge in [-0.15, -0.1) is 0 Å². The average Bonchev–Trinajstić information content (AvgIpc) is 2.99. The van der Waals surface area contributed by atoms with Gasteiger partial charge in [-0.1, -0.05) is 18.2 Å². The second-order valence-corrected chi connectivity index (χ2v) is 4.36. The molecule has 0 spiro atoms. The SMILES string of the molecule is Cc1nn(-c2ccccc2)cc1C1CCNN1. The monoisotopic (exact) mass is 228 g/mol. The van der Waals surface area contributed by atoms with Gasteiger partial charge in [0.15, 0.2) is 0 Å². The standard InChI is InChI=1S/C13H16N4/c1-10-12(13-7-8-14-15-13)9-17(16-10)11-5-3-2-4-6-11/h2-6,9,13-15H,7-8H2,1H3. The van der Waals surface area contributed by atoms with Crippen molar-refractivity contribution < 1.29 is 0 Å². The summed E-state index contributed by atoms with van der Waals surface area (Å²) in [5.74, 6) is 0. The van der Waals surface area contributed by atoms with Crippen molar-refractivity contribution in [3.8, 4) is 5.69 Å². The van der Waals surface area contributed by atoms with Crippen LogP contribution in [0.25, 0.3) is 5.69 Å². The number of rotatable bonds is 2. The van der Waals surface area contributed by atoms with E-state index in [4.69, 9.17) is 0 Å². The molecular weight excluding hydrogens is 212 g/mol. The second-order valence-electron chi connectivity index (χ2n) is 4.36. The third kappa shape index (κ3) is 1.97. The normalized spacial score (nSPS) is 19.7.